The number of halogens is 3. The van der Waals surface area contributed by atoms with Gasteiger partial charge in [0.15, 0.2) is 5.78 Å². The van der Waals surface area contributed by atoms with Crippen LogP contribution in [0.15, 0.2) is 83.8 Å². The van der Waals surface area contributed by atoms with E-state index in [1.807, 2.05) is 37.4 Å². The zero-order valence-corrected chi connectivity index (χ0v) is 28.1. The number of nitrogens with one attached hydrogen (secondary N) is 1. The highest BCUT2D eigenvalue weighted by Gasteiger charge is 2.26. The van der Waals surface area contributed by atoms with Gasteiger partial charge in [-0.15, -0.1) is 23.7 Å². The Morgan fingerprint density at radius 3 is 2.15 bits per heavy atom. The van der Waals surface area contributed by atoms with Crippen LogP contribution in [0.3, 0.4) is 0 Å². The molecule has 0 aliphatic rings. The topological polar surface area (TPSA) is 91.6 Å². The summed E-state index contributed by atoms with van der Waals surface area (Å²) in [7, 11) is 1.94. The fourth-order valence-corrected chi connectivity index (χ4v) is 6.60. The molecule has 246 valence electrons. The predicted molar refractivity (Wildman–Crippen MR) is 185 cm³/mol. The largest absolute Gasteiger partial charge is 0.384 e. The van der Waals surface area contributed by atoms with Gasteiger partial charge in [0.2, 0.25) is 5.43 Å². The number of nitrogens with zero attached hydrogens (tertiary/aromatic N) is 2. The van der Waals surface area contributed by atoms with Gasteiger partial charge in [-0.1, -0.05) is 62.4 Å². The number of amides is 1. The van der Waals surface area contributed by atoms with Crippen LogP contribution in [0.25, 0.3) is 20.7 Å². The first kappa shape index (κ1) is 35.6. The second kappa shape index (κ2) is 15.1. The maximum Gasteiger partial charge on any atom is 0.252 e. The number of benzene rings is 3. The molecule has 0 bridgehead atoms. The van der Waals surface area contributed by atoms with Gasteiger partial charge in [0.25, 0.3) is 5.91 Å². The van der Waals surface area contributed by atoms with Gasteiger partial charge >= 0.3 is 0 Å². The Morgan fingerprint density at radius 1 is 0.915 bits per heavy atom. The molecule has 0 aliphatic carbocycles. The fourth-order valence-electron chi connectivity index (χ4n) is 5.31. The highest BCUT2D eigenvalue weighted by atomic mass is 35.5. The van der Waals surface area contributed by atoms with Crippen molar-refractivity contribution in [2.24, 2.45) is 5.92 Å². The molecule has 2 N–H and O–H groups in total. The molecule has 0 spiro atoms. The van der Waals surface area contributed by atoms with Crippen molar-refractivity contribution in [3.63, 3.8) is 0 Å². The molecule has 47 heavy (non-hydrogen) atoms. The summed E-state index contributed by atoms with van der Waals surface area (Å²) >= 11 is 1.30. The van der Waals surface area contributed by atoms with Crippen molar-refractivity contribution in [3.8, 4) is 10.4 Å². The van der Waals surface area contributed by atoms with E-state index in [-0.39, 0.29) is 35.9 Å². The molecular formula is C36H36ClF2N3O4S. The molecule has 0 radical (unpaired) electrons. The number of aliphatic hydroxyl groups is 1. The number of aromatic nitrogens is 1. The highest BCUT2D eigenvalue weighted by molar-refractivity contribution is 7.22. The summed E-state index contributed by atoms with van der Waals surface area (Å²) in [6.07, 6.45) is 0.243. The summed E-state index contributed by atoms with van der Waals surface area (Å²) in [6, 6.07) is 20.5. The van der Waals surface area contributed by atoms with Crippen LogP contribution >= 0.6 is 23.7 Å². The molecule has 7 nitrogen and oxygen atoms in total. The van der Waals surface area contributed by atoms with Gasteiger partial charge in [-0.05, 0) is 54.9 Å². The van der Waals surface area contributed by atoms with Gasteiger partial charge in [0.1, 0.15) is 22.6 Å². The summed E-state index contributed by atoms with van der Waals surface area (Å²) in [5.74, 6) is -2.83. The Balaban J connectivity index is 0.00000500. The van der Waals surface area contributed by atoms with E-state index in [1.165, 1.54) is 42.7 Å². The number of aliphatic hydroxyl groups excluding tert-OH is 1. The first-order valence-corrected chi connectivity index (χ1v) is 15.7. The number of hydrogen-bond acceptors (Lipinski definition) is 6. The lowest BCUT2D eigenvalue weighted by atomic mass is 9.99. The Morgan fingerprint density at radius 2 is 1.55 bits per heavy atom. The van der Waals surface area contributed by atoms with Crippen LogP contribution in [0.1, 0.15) is 47.8 Å². The van der Waals surface area contributed by atoms with Gasteiger partial charge in [-0.2, -0.15) is 0 Å². The van der Waals surface area contributed by atoms with E-state index in [9.17, 15) is 28.3 Å². The molecule has 0 fully saturated rings. The lowest BCUT2D eigenvalue weighted by molar-refractivity contribution is -0.123. The van der Waals surface area contributed by atoms with Crippen molar-refractivity contribution in [1.29, 1.82) is 0 Å². The van der Waals surface area contributed by atoms with E-state index in [1.54, 1.807) is 42.7 Å². The Labute approximate surface area is 281 Å². The quantitative estimate of drug-likeness (QED) is 0.143. The number of pyridine rings is 1. The van der Waals surface area contributed by atoms with E-state index in [0.29, 0.717) is 34.6 Å². The molecular weight excluding hydrogens is 644 g/mol. The Hall–Kier alpha value is -4.22. The second-order valence-corrected chi connectivity index (χ2v) is 12.7. The number of fused-ring (bicyclic) bond motifs is 1. The van der Waals surface area contributed by atoms with E-state index >= 15 is 0 Å². The maximum absolute atomic E-state index is 14.9. The van der Waals surface area contributed by atoms with Crippen molar-refractivity contribution >= 4 is 51.3 Å². The summed E-state index contributed by atoms with van der Waals surface area (Å²) in [5.41, 5.74) is 2.36. The van der Waals surface area contributed by atoms with Crippen molar-refractivity contribution in [2.75, 3.05) is 12.4 Å². The molecule has 0 aliphatic heterocycles. The van der Waals surface area contributed by atoms with Crippen LogP contribution in [0.2, 0.25) is 0 Å². The molecule has 5 rings (SSSR count). The Kier molecular flexibility index (Phi) is 11.5. The van der Waals surface area contributed by atoms with Gasteiger partial charge in [0, 0.05) is 41.3 Å². The number of anilines is 1. The van der Waals surface area contributed by atoms with E-state index in [4.69, 9.17) is 0 Å². The summed E-state index contributed by atoms with van der Waals surface area (Å²) in [5, 5.41) is 12.6. The molecule has 11 heteroatoms. The van der Waals surface area contributed by atoms with E-state index < -0.39 is 35.0 Å². The predicted octanol–water partition coefficient (Wildman–Crippen LogP) is 7.27. The molecule has 1 atom stereocenters. The summed E-state index contributed by atoms with van der Waals surface area (Å²) in [4.78, 5) is 42.9. The smallest absolute Gasteiger partial charge is 0.252 e. The van der Waals surface area contributed by atoms with Crippen molar-refractivity contribution < 1.29 is 23.5 Å². The van der Waals surface area contributed by atoms with Crippen LogP contribution in [0, 0.1) is 17.6 Å². The molecule has 5 aromatic rings. The average molecular weight is 680 g/mol. The maximum atomic E-state index is 14.9. The minimum absolute atomic E-state index is 0. The monoisotopic (exact) mass is 679 g/mol. The first-order valence-electron chi connectivity index (χ1n) is 14.9. The van der Waals surface area contributed by atoms with Crippen LogP contribution < -0.4 is 10.7 Å². The number of ketones is 1. The third-order valence-electron chi connectivity index (χ3n) is 7.70. The molecule has 2 aromatic heterocycles. The van der Waals surface area contributed by atoms with Gasteiger partial charge in [-0.25, -0.2) is 8.78 Å². The van der Waals surface area contributed by atoms with E-state index in [2.05, 4.69) is 10.2 Å². The fraction of sp³-hybridized carbons (Fsp3) is 0.250. The summed E-state index contributed by atoms with van der Waals surface area (Å²) in [6.45, 7) is 5.49. The number of carbonyl (C=O) groups excluding carboxylic acids is 2. The first-order chi connectivity index (χ1) is 21.9. The minimum atomic E-state index is -1.18. The lowest BCUT2D eigenvalue weighted by Crippen LogP contribution is -2.24. The third-order valence-corrected chi connectivity index (χ3v) is 9.02. The molecule has 1 amide bonds. The van der Waals surface area contributed by atoms with Crippen molar-refractivity contribution in [2.45, 2.75) is 46.5 Å². The average Bonchev–Trinajstić information content (AvgIpc) is 3.40. The molecule has 0 saturated heterocycles. The van der Waals surface area contributed by atoms with Gasteiger partial charge < -0.3 is 15.0 Å². The van der Waals surface area contributed by atoms with Gasteiger partial charge in [-0.3, -0.25) is 19.3 Å². The molecule has 2 heterocycles. The minimum Gasteiger partial charge on any atom is -0.384 e. The van der Waals surface area contributed by atoms with E-state index in [0.717, 1.165) is 16.0 Å². The van der Waals surface area contributed by atoms with Crippen LogP contribution in [0.4, 0.5) is 14.5 Å². The van der Waals surface area contributed by atoms with Crippen LogP contribution in [-0.4, -0.2) is 39.4 Å². The molecule has 0 saturated carbocycles. The SMILES string of the molecule is CC(C)C(=O)c1cn(Cc2c(F)cccc2F)c2sc(-c3ccc(NC(=O)C(C)O)cc3)c(CN(C)Cc3ccccc3)c2c1=O.Cl. The zero-order chi connectivity index (χ0) is 33.1. The number of Topliss-reactive ketones (excluding diaryl/α,β-unsaturated/α-hetero) is 1. The Bertz CT molecular complexity index is 1940. The lowest BCUT2D eigenvalue weighted by Gasteiger charge is -2.18. The third kappa shape index (κ3) is 7.85. The zero-order valence-electron chi connectivity index (χ0n) is 26.4. The highest BCUT2D eigenvalue weighted by Crippen LogP contribution is 2.39. The summed E-state index contributed by atoms with van der Waals surface area (Å²) < 4.78 is 31.4. The molecule has 3 aromatic carbocycles. The number of thiophene rings is 1. The van der Waals surface area contributed by atoms with Crippen LogP contribution in [-0.2, 0) is 24.4 Å². The van der Waals surface area contributed by atoms with Crippen LogP contribution in [0.5, 0.6) is 0 Å². The second-order valence-electron chi connectivity index (χ2n) is 11.7. The van der Waals surface area contributed by atoms with Crippen molar-refractivity contribution in [3.05, 3.63) is 123 Å². The van der Waals surface area contributed by atoms with Crippen molar-refractivity contribution in [1.82, 2.24) is 9.47 Å². The number of carbonyl (C=O) groups is 2. The number of rotatable bonds is 11. The standard InChI is InChI=1S/C36H35F2N3O4S.ClH/c1-21(2)32(43)28-20-41(19-26-29(37)11-8-12-30(26)38)36-31(33(28)44)27(18-40(4)17-23-9-6-5-7-10-23)34(46-36)24-13-15-25(16-14-24)39-35(45)22(3)42;/h5-16,20-22,42H,17-19H2,1-4H3,(H,39,45);1H. The molecule has 1 unspecified atom stereocenters. The van der Waals surface area contributed by atoms with Gasteiger partial charge in [0.05, 0.1) is 17.5 Å². The normalized spacial score (nSPS) is 11.9. The number of hydrogen-bond donors (Lipinski definition) is 2.